The summed E-state index contributed by atoms with van der Waals surface area (Å²) >= 11 is 0. The zero-order valence-electron chi connectivity index (χ0n) is 11.8. The molecule has 0 bridgehead atoms. The van der Waals surface area contributed by atoms with E-state index in [2.05, 4.69) is 36.3 Å². The van der Waals surface area contributed by atoms with E-state index in [4.69, 9.17) is 9.94 Å². The van der Waals surface area contributed by atoms with Crippen molar-refractivity contribution in [1.82, 2.24) is 0 Å². The lowest BCUT2D eigenvalue weighted by Crippen LogP contribution is -2.02. The van der Waals surface area contributed by atoms with Gasteiger partial charge >= 0.3 is 0 Å². The van der Waals surface area contributed by atoms with Crippen molar-refractivity contribution in [3.05, 3.63) is 65.2 Å². The van der Waals surface area contributed by atoms with Crippen molar-refractivity contribution < 1.29 is 9.94 Å². The van der Waals surface area contributed by atoms with Gasteiger partial charge in [0.1, 0.15) is 12.4 Å². The van der Waals surface area contributed by atoms with Gasteiger partial charge < -0.3 is 9.94 Å². The van der Waals surface area contributed by atoms with Crippen molar-refractivity contribution in [2.24, 2.45) is 5.16 Å². The molecule has 2 rings (SSSR count). The zero-order chi connectivity index (χ0) is 14.4. The molecule has 0 saturated carbocycles. The number of hydrogen-bond acceptors (Lipinski definition) is 3. The molecule has 0 aliphatic heterocycles. The molecule has 3 heteroatoms. The van der Waals surface area contributed by atoms with Gasteiger partial charge in [0.25, 0.3) is 0 Å². The Hall–Kier alpha value is -2.29. The molecule has 0 atom stereocenters. The van der Waals surface area contributed by atoms with Crippen LogP contribution < -0.4 is 4.74 Å². The Morgan fingerprint density at radius 2 is 1.70 bits per heavy atom. The molecule has 0 fully saturated rings. The number of nitrogens with zero attached hydrogens (tertiary/aromatic N) is 1. The van der Waals surface area contributed by atoms with Gasteiger partial charge in [0, 0.05) is 5.56 Å². The predicted molar refractivity (Wildman–Crippen MR) is 80.6 cm³/mol. The van der Waals surface area contributed by atoms with Gasteiger partial charge in [-0.3, -0.25) is 0 Å². The van der Waals surface area contributed by atoms with Gasteiger partial charge in [-0.2, -0.15) is 0 Å². The van der Waals surface area contributed by atoms with Gasteiger partial charge in [0.15, 0.2) is 0 Å². The van der Waals surface area contributed by atoms with Crippen LogP contribution in [0.1, 0.15) is 30.5 Å². The van der Waals surface area contributed by atoms with E-state index in [-0.39, 0.29) is 0 Å². The number of hydrogen-bond donors (Lipinski definition) is 1. The summed E-state index contributed by atoms with van der Waals surface area (Å²) in [7, 11) is 0. The van der Waals surface area contributed by atoms with Crippen molar-refractivity contribution in [2.75, 3.05) is 0 Å². The fourth-order valence-corrected chi connectivity index (χ4v) is 1.98. The highest BCUT2D eigenvalue weighted by molar-refractivity contribution is 6.00. The largest absolute Gasteiger partial charge is 0.488 e. The molecule has 104 valence electrons. The number of oxime groups is 1. The molecule has 2 aromatic carbocycles. The van der Waals surface area contributed by atoms with Gasteiger partial charge in [0.05, 0.1) is 5.71 Å². The van der Waals surface area contributed by atoms with Crippen LogP contribution in [-0.2, 0) is 13.0 Å². The second-order valence-electron chi connectivity index (χ2n) is 4.64. The average molecular weight is 269 g/mol. The number of aryl methyl sites for hydroxylation is 1. The molecule has 20 heavy (non-hydrogen) atoms. The maximum absolute atomic E-state index is 8.89. The maximum Gasteiger partial charge on any atom is 0.128 e. The molecule has 0 heterocycles. The highest BCUT2D eigenvalue weighted by Gasteiger charge is 2.06. The molecular weight excluding hydrogens is 250 g/mol. The topological polar surface area (TPSA) is 41.8 Å². The summed E-state index contributed by atoms with van der Waals surface area (Å²) in [6.45, 7) is 4.39. The summed E-state index contributed by atoms with van der Waals surface area (Å²) in [5.41, 5.74) is 3.79. The highest BCUT2D eigenvalue weighted by atomic mass is 16.5. The van der Waals surface area contributed by atoms with E-state index >= 15 is 0 Å². The van der Waals surface area contributed by atoms with Gasteiger partial charge in [-0.1, -0.05) is 48.5 Å². The van der Waals surface area contributed by atoms with Gasteiger partial charge in [-0.25, -0.2) is 0 Å². The standard InChI is InChI=1S/C17H19NO2/c1-3-14-8-10-15(11-9-14)12-20-17-7-5-4-6-16(17)13(2)18-19/h4-11,19H,3,12H2,1-2H3/b18-13+. The van der Waals surface area contributed by atoms with Crippen molar-refractivity contribution in [2.45, 2.75) is 26.9 Å². The predicted octanol–water partition coefficient (Wildman–Crippen LogP) is 4.03. The maximum atomic E-state index is 8.89. The Morgan fingerprint density at radius 3 is 2.35 bits per heavy atom. The molecular formula is C17H19NO2. The third kappa shape index (κ3) is 3.38. The second-order valence-corrected chi connectivity index (χ2v) is 4.64. The average Bonchev–Trinajstić information content (AvgIpc) is 2.53. The Bertz CT molecular complexity index is 588. The molecule has 0 aliphatic rings. The molecule has 2 aromatic rings. The van der Waals surface area contributed by atoms with E-state index < -0.39 is 0 Å². The third-order valence-electron chi connectivity index (χ3n) is 3.25. The van der Waals surface area contributed by atoms with Crippen LogP contribution in [0.25, 0.3) is 0 Å². The highest BCUT2D eigenvalue weighted by Crippen LogP contribution is 2.20. The van der Waals surface area contributed by atoms with E-state index in [9.17, 15) is 0 Å². The fourth-order valence-electron chi connectivity index (χ4n) is 1.98. The van der Waals surface area contributed by atoms with Crippen LogP contribution in [0.15, 0.2) is 53.7 Å². The normalized spacial score (nSPS) is 11.4. The summed E-state index contributed by atoms with van der Waals surface area (Å²) in [4.78, 5) is 0. The summed E-state index contributed by atoms with van der Waals surface area (Å²) in [6.07, 6.45) is 1.04. The van der Waals surface area contributed by atoms with Crippen LogP contribution in [0.2, 0.25) is 0 Å². The molecule has 1 N–H and O–H groups in total. The molecule has 0 aliphatic carbocycles. The number of rotatable bonds is 5. The Balaban J connectivity index is 2.10. The smallest absolute Gasteiger partial charge is 0.128 e. The van der Waals surface area contributed by atoms with Crippen LogP contribution >= 0.6 is 0 Å². The minimum Gasteiger partial charge on any atom is -0.488 e. The lowest BCUT2D eigenvalue weighted by molar-refractivity contribution is 0.303. The van der Waals surface area contributed by atoms with Crippen LogP contribution in [0.5, 0.6) is 5.75 Å². The van der Waals surface area contributed by atoms with E-state index in [0.29, 0.717) is 12.3 Å². The summed E-state index contributed by atoms with van der Waals surface area (Å²) in [6, 6.07) is 15.9. The van der Waals surface area contributed by atoms with Crippen molar-refractivity contribution in [3.8, 4) is 5.75 Å². The van der Waals surface area contributed by atoms with E-state index in [1.165, 1.54) is 5.56 Å². The summed E-state index contributed by atoms with van der Waals surface area (Å²) < 4.78 is 5.83. The first kappa shape index (κ1) is 14.1. The lowest BCUT2D eigenvalue weighted by atomic mass is 10.1. The van der Waals surface area contributed by atoms with Crippen LogP contribution in [0.3, 0.4) is 0 Å². The van der Waals surface area contributed by atoms with Gasteiger partial charge in [-0.05, 0) is 36.6 Å². The first-order valence-corrected chi connectivity index (χ1v) is 6.73. The van der Waals surface area contributed by atoms with Crippen molar-refractivity contribution in [3.63, 3.8) is 0 Å². The number of para-hydroxylation sites is 1. The molecule has 0 aromatic heterocycles. The van der Waals surface area contributed by atoms with Crippen molar-refractivity contribution in [1.29, 1.82) is 0 Å². The van der Waals surface area contributed by atoms with Crippen LogP contribution in [0, 0.1) is 0 Å². The Morgan fingerprint density at radius 1 is 1.05 bits per heavy atom. The Labute approximate surface area is 119 Å². The van der Waals surface area contributed by atoms with E-state index in [1.807, 2.05) is 24.3 Å². The first-order valence-electron chi connectivity index (χ1n) is 6.73. The van der Waals surface area contributed by atoms with E-state index in [0.717, 1.165) is 23.3 Å². The minimum atomic E-state index is 0.500. The molecule has 0 spiro atoms. The number of benzene rings is 2. The molecule has 0 amide bonds. The number of ether oxygens (including phenoxy) is 1. The third-order valence-corrected chi connectivity index (χ3v) is 3.25. The Kier molecular flexibility index (Phi) is 4.77. The van der Waals surface area contributed by atoms with Crippen molar-refractivity contribution >= 4 is 5.71 Å². The first-order chi connectivity index (χ1) is 9.74. The van der Waals surface area contributed by atoms with Crippen LogP contribution in [0.4, 0.5) is 0 Å². The second kappa shape index (κ2) is 6.75. The fraction of sp³-hybridized carbons (Fsp3) is 0.235. The minimum absolute atomic E-state index is 0.500. The monoisotopic (exact) mass is 269 g/mol. The van der Waals surface area contributed by atoms with Gasteiger partial charge in [-0.15, -0.1) is 0 Å². The SMILES string of the molecule is CCc1ccc(COc2ccccc2/C(C)=N/O)cc1. The zero-order valence-corrected chi connectivity index (χ0v) is 11.8. The lowest BCUT2D eigenvalue weighted by Gasteiger charge is -2.11. The molecule has 0 radical (unpaired) electrons. The van der Waals surface area contributed by atoms with Crippen LogP contribution in [-0.4, -0.2) is 10.9 Å². The summed E-state index contributed by atoms with van der Waals surface area (Å²) in [5, 5.41) is 12.1. The molecule has 0 saturated heterocycles. The molecule has 0 unspecified atom stereocenters. The van der Waals surface area contributed by atoms with E-state index in [1.54, 1.807) is 6.92 Å². The van der Waals surface area contributed by atoms with Gasteiger partial charge in [0.2, 0.25) is 0 Å². The summed E-state index contributed by atoms with van der Waals surface area (Å²) in [5.74, 6) is 0.724. The molecule has 3 nitrogen and oxygen atoms in total. The quantitative estimate of drug-likeness (QED) is 0.506.